The van der Waals surface area contributed by atoms with Gasteiger partial charge in [-0.3, -0.25) is 0 Å². The van der Waals surface area contributed by atoms with Crippen molar-refractivity contribution in [2.75, 3.05) is 6.54 Å². The number of sulfonamides is 1. The maximum absolute atomic E-state index is 11.3. The van der Waals surface area contributed by atoms with E-state index in [1.165, 1.54) is 0 Å². The largest absolute Gasteiger partial charge is 0.215 e. The summed E-state index contributed by atoms with van der Waals surface area (Å²) in [5.41, 5.74) is 0.180. The van der Waals surface area contributed by atoms with Gasteiger partial charge in [0.2, 0.25) is 10.0 Å². The highest BCUT2D eigenvalue weighted by molar-refractivity contribution is 7.90. The topological polar surface area (TPSA) is 46.2 Å². The lowest BCUT2D eigenvalue weighted by Crippen LogP contribution is -2.32. The zero-order valence-corrected chi connectivity index (χ0v) is 10.0. The van der Waals surface area contributed by atoms with Crippen LogP contribution in [0.4, 0.5) is 0 Å². The van der Waals surface area contributed by atoms with Crippen molar-refractivity contribution in [3.05, 3.63) is 0 Å². The van der Waals surface area contributed by atoms with Gasteiger partial charge in [0.1, 0.15) is 0 Å². The number of rotatable bonds is 4. The first-order valence-electron chi connectivity index (χ1n) is 4.63. The number of hydrogen-bond donors (Lipinski definition) is 1. The second-order valence-corrected chi connectivity index (χ2v) is 7.12. The molecule has 4 heteroatoms. The maximum Gasteiger partial charge on any atom is 0.213 e. The van der Waals surface area contributed by atoms with Gasteiger partial charge in [-0.2, -0.15) is 0 Å². The van der Waals surface area contributed by atoms with Crippen molar-refractivity contribution in [3.8, 4) is 0 Å². The first kappa shape index (κ1) is 12.9. The molecule has 0 radical (unpaired) electrons. The Labute approximate surface area is 82.0 Å². The van der Waals surface area contributed by atoms with Crippen LogP contribution >= 0.6 is 0 Å². The fourth-order valence-electron chi connectivity index (χ4n) is 0.735. The van der Waals surface area contributed by atoms with Gasteiger partial charge < -0.3 is 0 Å². The molecule has 0 aromatic rings. The summed E-state index contributed by atoms with van der Waals surface area (Å²) in [6, 6.07) is 0. The number of nitrogens with one attached hydrogen (secondary N) is 1. The first-order chi connectivity index (χ1) is 5.65. The second-order valence-electron chi connectivity index (χ2n) is 4.80. The Kier molecular flexibility index (Phi) is 4.39. The molecule has 0 rings (SSSR count). The lowest BCUT2D eigenvalue weighted by molar-refractivity contribution is 0.378. The standard InChI is InChI=1S/C9H21NO2S/c1-8(2)13(11,12)10-7-6-9(3,4)5/h8,10H,6-7H2,1-5H3. The van der Waals surface area contributed by atoms with Crippen molar-refractivity contribution in [1.29, 1.82) is 0 Å². The Bertz CT molecular complexity index is 237. The summed E-state index contributed by atoms with van der Waals surface area (Å²) in [6.07, 6.45) is 0.860. The third-order valence-corrected chi connectivity index (χ3v) is 3.65. The van der Waals surface area contributed by atoms with Crippen molar-refractivity contribution in [2.45, 2.75) is 46.3 Å². The molecule has 3 nitrogen and oxygen atoms in total. The van der Waals surface area contributed by atoms with Crippen LogP contribution < -0.4 is 4.72 Å². The van der Waals surface area contributed by atoms with Crippen LogP contribution in [0.2, 0.25) is 0 Å². The van der Waals surface area contributed by atoms with Crippen LogP contribution in [-0.4, -0.2) is 20.2 Å². The van der Waals surface area contributed by atoms with Gasteiger partial charge in [-0.25, -0.2) is 13.1 Å². The Hall–Kier alpha value is -0.0900. The third kappa shape index (κ3) is 6.05. The van der Waals surface area contributed by atoms with Crippen molar-refractivity contribution in [2.24, 2.45) is 5.41 Å². The predicted molar refractivity (Wildman–Crippen MR) is 56.1 cm³/mol. The summed E-state index contributed by atoms with van der Waals surface area (Å²) < 4.78 is 25.2. The molecular formula is C9H21NO2S. The van der Waals surface area contributed by atoms with Gasteiger partial charge in [-0.05, 0) is 25.7 Å². The Balaban J connectivity index is 3.92. The molecule has 0 fully saturated rings. The van der Waals surface area contributed by atoms with Gasteiger partial charge in [0, 0.05) is 6.54 Å². The molecule has 0 bridgehead atoms. The van der Waals surface area contributed by atoms with Crippen molar-refractivity contribution >= 4 is 10.0 Å². The van der Waals surface area contributed by atoms with Crippen LogP contribution in [0.15, 0.2) is 0 Å². The Morgan fingerprint density at radius 1 is 1.23 bits per heavy atom. The molecule has 0 atom stereocenters. The van der Waals surface area contributed by atoms with Gasteiger partial charge in [-0.15, -0.1) is 0 Å². The third-order valence-electron chi connectivity index (χ3n) is 1.80. The summed E-state index contributed by atoms with van der Waals surface area (Å²) in [4.78, 5) is 0. The SMILES string of the molecule is CC(C)S(=O)(=O)NCCC(C)(C)C. The van der Waals surface area contributed by atoms with E-state index in [0.29, 0.717) is 6.54 Å². The highest BCUT2D eigenvalue weighted by atomic mass is 32.2. The quantitative estimate of drug-likeness (QED) is 0.763. The average Bonchev–Trinajstić information content (AvgIpc) is 1.82. The van der Waals surface area contributed by atoms with Gasteiger partial charge in [0.05, 0.1) is 5.25 Å². The van der Waals surface area contributed by atoms with E-state index in [4.69, 9.17) is 0 Å². The molecular weight excluding hydrogens is 186 g/mol. The van der Waals surface area contributed by atoms with E-state index in [-0.39, 0.29) is 10.7 Å². The van der Waals surface area contributed by atoms with Crippen molar-refractivity contribution < 1.29 is 8.42 Å². The zero-order valence-electron chi connectivity index (χ0n) is 9.22. The van der Waals surface area contributed by atoms with E-state index >= 15 is 0 Å². The normalized spacial score (nSPS) is 13.7. The smallest absolute Gasteiger partial charge is 0.213 e. The maximum atomic E-state index is 11.3. The second kappa shape index (κ2) is 4.42. The lowest BCUT2D eigenvalue weighted by Gasteiger charge is -2.18. The fourth-order valence-corrected chi connectivity index (χ4v) is 1.45. The van der Waals surface area contributed by atoms with E-state index in [1.807, 2.05) is 0 Å². The van der Waals surface area contributed by atoms with Gasteiger partial charge >= 0.3 is 0 Å². The minimum atomic E-state index is -3.07. The van der Waals surface area contributed by atoms with E-state index in [2.05, 4.69) is 25.5 Å². The average molecular weight is 207 g/mol. The van der Waals surface area contributed by atoms with Crippen LogP contribution in [0.25, 0.3) is 0 Å². The van der Waals surface area contributed by atoms with E-state index < -0.39 is 10.0 Å². The minimum Gasteiger partial charge on any atom is -0.215 e. The lowest BCUT2D eigenvalue weighted by atomic mass is 9.93. The van der Waals surface area contributed by atoms with Gasteiger partial charge in [-0.1, -0.05) is 20.8 Å². The summed E-state index contributed by atoms with van der Waals surface area (Å²) in [6.45, 7) is 10.2. The van der Waals surface area contributed by atoms with Crippen LogP contribution in [0.3, 0.4) is 0 Å². The molecule has 0 spiro atoms. The molecule has 0 unspecified atom stereocenters. The highest BCUT2D eigenvalue weighted by Gasteiger charge is 2.16. The van der Waals surface area contributed by atoms with E-state index in [9.17, 15) is 8.42 Å². The summed E-state index contributed by atoms with van der Waals surface area (Å²) in [7, 11) is -3.07. The molecule has 0 aliphatic heterocycles. The molecule has 0 heterocycles. The highest BCUT2D eigenvalue weighted by Crippen LogP contribution is 2.17. The molecule has 0 saturated heterocycles. The van der Waals surface area contributed by atoms with Crippen LogP contribution in [0.1, 0.15) is 41.0 Å². The molecule has 0 saturated carbocycles. The van der Waals surface area contributed by atoms with E-state index in [0.717, 1.165) is 6.42 Å². The molecule has 0 aromatic carbocycles. The Morgan fingerprint density at radius 2 is 1.69 bits per heavy atom. The van der Waals surface area contributed by atoms with Crippen LogP contribution in [0, 0.1) is 5.41 Å². The minimum absolute atomic E-state index is 0.180. The molecule has 0 aromatic heterocycles. The molecule has 1 N–H and O–H groups in total. The summed E-state index contributed by atoms with van der Waals surface area (Å²) >= 11 is 0. The molecule has 13 heavy (non-hydrogen) atoms. The van der Waals surface area contributed by atoms with Gasteiger partial charge in [0.25, 0.3) is 0 Å². The molecule has 0 amide bonds. The van der Waals surface area contributed by atoms with Crippen molar-refractivity contribution in [3.63, 3.8) is 0 Å². The molecule has 0 aliphatic rings. The molecule has 80 valence electrons. The number of hydrogen-bond acceptors (Lipinski definition) is 2. The summed E-state index contributed by atoms with van der Waals surface area (Å²) in [5.74, 6) is 0. The summed E-state index contributed by atoms with van der Waals surface area (Å²) in [5, 5.41) is -0.340. The van der Waals surface area contributed by atoms with E-state index in [1.54, 1.807) is 13.8 Å². The Morgan fingerprint density at radius 3 is 2.00 bits per heavy atom. The zero-order chi connectivity index (χ0) is 10.7. The van der Waals surface area contributed by atoms with Crippen LogP contribution in [-0.2, 0) is 10.0 Å². The monoisotopic (exact) mass is 207 g/mol. The first-order valence-corrected chi connectivity index (χ1v) is 6.18. The van der Waals surface area contributed by atoms with Gasteiger partial charge in [0.15, 0.2) is 0 Å². The van der Waals surface area contributed by atoms with Crippen molar-refractivity contribution in [1.82, 2.24) is 4.72 Å². The molecule has 0 aliphatic carbocycles. The predicted octanol–water partition coefficient (Wildman–Crippen LogP) is 1.75. The fraction of sp³-hybridized carbons (Fsp3) is 1.00. The van der Waals surface area contributed by atoms with Crippen LogP contribution in [0.5, 0.6) is 0 Å².